The van der Waals surface area contributed by atoms with Crippen molar-refractivity contribution in [2.45, 2.75) is 12.5 Å². The number of ether oxygens (including phenoxy) is 1. The van der Waals surface area contributed by atoms with Gasteiger partial charge in [-0.25, -0.2) is 9.37 Å². The number of carboxylic acids is 1. The molecule has 2 aromatic carbocycles. The summed E-state index contributed by atoms with van der Waals surface area (Å²) < 4.78 is 13.6. The zero-order chi connectivity index (χ0) is 29.7. The lowest BCUT2D eigenvalue weighted by atomic mass is 9.89. The van der Waals surface area contributed by atoms with Gasteiger partial charge in [0.15, 0.2) is 0 Å². The van der Waals surface area contributed by atoms with E-state index < -0.39 is 12.1 Å². The summed E-state index contributed by atoms with van der Waals surface area (Å²) in [6.07, 6.45) is -0.431. The second kappa shape index (κ2) is 12.9. The summed E-state index contributed by atoms with van der Waals surface area (Å²) in [5.41, 5.74) is 3.71. The molecule has 1 heterocycles. The number of hydrogen-bond acceptors (Lipinski definition) is 7. The molecule has 4 N–H and O–H groups in total. The average Bonchev–Trinajstić information content (AvgIpc) is 2.96. The van der Waals surface area contributed by atoms with Crippen LogP contribution in [0.15, 0.2) is 59.0 Å². The second-order valence-electron chi connectivity index (χ2n) is 10.2. The predicted molar refractivity (Wildman–Crippen MR) is 158 cm³/mol. The van der Waals surface area contributed by atoms with Crippen molar-refractivity contribution in [3.63, 3.8) is 0 Å². The van der Waals surface area contributed by atoms with Gasteiger partial charge in [0, 0.05) is 67.1 Å². The highest BCUT2D eigenvalue weighted by atomic mass is 16.5. The van der Waals surface area contributed by atoms with Gasteiger partial charge in [-0.05, 0) is 48.4 Å². The first kappa shape index (κ1) is 29.7. The van der Waals surface area contributed by atoms with Gasteiger partial charge in [-0.15, -0.1) is 0 Å². The van der Waals surface area contributed by atoms with Crippen molar-refractivity contribution in [2.75, 3.05) is 59.5 Å². The number of carboxylic acid groups (broad SMARTS) is 1. The third-order valence-electron chi connectivity index (χ3n) is 6.78. The van der Waals surface area contributed by atoms with Gasteiger partial charge in [-0.1, -0.05) is 0 Å². The fraction of sp³-hybridized carbons (Fsp3) is 0.323. The molecule has 10 nitrogen and oxygen atoms in total. The number of benzene rings is 3. The smallest absolute Gasteiger partial charge is 0.336 e. The predicted octanol–water partition coefficient (Wildman–Crippen LogP) is 2.49. The molecule has 0 saturated heterocycles. The first-order chi connectivity index (χ1) is 19.6. The number of aromatic carboxylic acids is 1. The summed E-state index contributed by atoms with van der Waals surface area (Å²) in [5.74, 6) is -0.865. The molecule has 10 heteroatoms. The molecule has 216 valence electrons. The van der Waals surface area contributed by atoms with Crippen LogP contribution in [0.2, 0.25) is 0 Å². The normalized spacial score (nSPS) is 12.0. The molecule has 0 fully saturated rings. The lowest BCUT2D eigenvalue weighted by molar-refractivity contribution is 0.00580. The number of anilines is 1. The summed E-state index contributed by atoms with van der Waals surface area (Å²) in [4.78, 5) is 27.4. The van der Waals surface area contributed by atoms with Crippen LogP contribution in [0.4, 0.5) is 5.69 Å². The van der Waals surface area contributed by atoms with E-state index in [1.54, 1.807) is 6.07 Å². The molecule has 2 aromatic rings. The highest BCUT2D eigenvalue weighted by Crippen LogP contribution is 2.42. The fourth-order valence-corrected chi connectivity index (χ4v) is 4.54. The molecule has 2 aliphatic rings. The van der Waals surface area contributed by atoms with Crippen LogP contribution < -0.4 is 20.1 Å². The van der Waals surface area contributed by atoms with E-state index in [4.69, 9.17) is 14.3 Å². The molecular weight excluding hydrogens is 526 g/mol. The van der Waals surface area contributed by atoms with E-state index in [-0.39, 0.29) is 24.7 Å². The summed E-state index contributed by atoms with van der Waals surface area (Å²) in [5, 5.41) is 32.8. The topological polar surface area (TPSA) is 135 Å². The van der Waals surface area contributed by atoms with Crippen LogP contribution in [0.25, 0.3) is 33.4 Å². The summed E-state index contributed by atoms with van der Waals surface area (Å²) in [7, 11) is 7.73. The van der Waals surface area contributed by atoms with Crippen molar-refractivity contribution in [2.24, 2.45) is 0 Å². The maximum absolute atomic E-state index is 13.1. The molecule has 41 heavy (non-hydrogen) atoms. The second-order valence-corrected chi connectivity index (χ2v) is 10.2. The number of carbonyl (C=O) groups excluding carboxylic acids is 1. The standard InChI is InChI=1S/C31H35N3O7/c1-33(2)20-7-10-24-27(15-20)41-28-16-21(34(3)4)8-11-25(28)29(24)26-14-19(6-9-23(26)31(38)39)30(37)32-12-5-13-40-18-22(36)17-35/h6-11,14-16,22,35-36H,5,12-13,17-18H2,1-4H3,(H-,32,37,38,39)/p+1. The van der Waals surface area contributed by atoms with Gasteiger partial charge >= 0.3 is 5.97 Å². The molecule has 0 spiro atoms. The molecule has 0 saturated carbocycles. The third-order valence-corrected chi connectivity index (χ3v) is 6.78. The Balaban J connectivity index is 1.79. The van der Waals surface area contributed by atoms with E-state index in [9.17, 15) is 19.8 Å². The van der Waals surface area contributed by atoms with Gasteiger partial charge in [-0.3, -0.25) is 4.79 Å². The van der Waals surface area contributed by atoms with Gasteiger partial charge in [0.05, 0.1) is 24.8 Å². The fourth-order valence-electron chi connectivity index (χ4n) is 4.54. The molecule has 1 unspecified atom stereocenters. The largest absolute Gasteiger partial charge is 0.478 e. The van der Waals surface area contributed by atoms with Gasteiger partial charge in [0.1, 0.15) is 31.5 Å². The van der Waals surface area contributed by atoms with Crippen LogP contribution in [-0.4, -0.2) is 87.9 Å². The van der Waals surface area contributed by atoms with Crippen LogP contribution >= 0.6 is 0 Å². The third kappa shape index (κ3) is 6.74. The minimum absolute atomic E-state index is 0.0157. The summed E-state index contributed by atoms with van der Waals surface area (Å²) in [6, 6.07) is 16.1. The zero-order valence-corrected chi connectivity index (χ0v) is 23.7. The Hall–Kier alpha value is -4.25. The van der Waals surface area contributed by atoms with E-state index in [1.165, 1.54) is 12.1 Å². The first-order valence-corrected chi connectivity index (χ1v) is 13.3. The molecule has 0 aromatic heterocycles. The minimum atomic E-state index is -1.11. The molecule has 4 rings (SSSR count). The highest BCUT2D eigenvalue weighted by Gasteiger charge is 2.23. The van der Waals surface area contributed by atoms with E-state index in [0.29, 0.717) is 47.6 Å². The summed E-state index contributed by atoms with van der Waals surface area (Å²) >= 11 is 0. The van der Waals surface area contributed by atoms with E-state index >= 15 is 0 Å². The highest BCUT2D eigenvalue weighted by molar-refractivity contribution is 6.09. The molecule has 1 aliphatic carbocycles. The Bertz CT molecular complexity index is 1610. The van der Waals surface area contributed by atoms with Crippen molar-refractivity contribution in [3.8, 4) is 22.5 Å². The maximum Gasteiger partial charge on any atom is 0.336 e. The molecule has 0 radical (unpaired) electrons. The maximum atomic E-state index is 13.1. The Morgan fingerprint density at radius 1 is 1.05 bits per heavy atom. The van der Waals surface area contributed by atoms with Crippen molar-refractivity contribution in [3.05, 3.63) is 71.1 Å². The number of amides is 1. The number of hydrogen-bond donors (Lipinski definition) is 4. The van der Waals surface area contributed by atoms with Gasteiger partial charge in [-0.2, -0.15) is 0 Å². The first-order valence-electron chi connectivity index (χ1n) is 13.3. The number of nitrogens with one attached hydrogen (secondary N) is 1. The monoisotopic (exact) mass is 562 g/mol. The molecule has 0 bridgehead atoms. The molecule has 1 amide bonds. The number of nitrogens with zero attached hydrogens (tertiary/aromatic N) is 2. The van der Waals surface area contributed by atoms with Crippen molar-refractivity contribution in [1.82, 2.24) is 9.89 Å². The van der Waals surface area contributed by atoms with Crippen molar-refractivity contribution >= 4 is 28.5 Å². The lowest BCUT2D eigenvalue weighted by Crippen LogP contribution is -2.26. The Kier molecular flexibility index (Phi) is 9.38. The zero-order valence-electron chi connectivity index (χ0n) is 23.7. The van der Waals surface area contributed by atoms with Crippen LogP contribution in [0.5, 0.6) is 0 Å². The number of carbonyl (C=O) groups is 2. The van der Waals surface area contributed by atoms with E-state index in [0.717, 1.165) is 22.0 Å². The van der Waals surface area contributed by atoms with Crippen LogP contribution in [0.3, 0.4) is 0 Å². The lowest BCUT2D eigenvalue weighted by Gasteiger charge is -2.19. The van der Waals surface area contributed by atoms with Gasteiger partial charge in [0.25, 0.3) is 5.91 Å². The Morgan fingerprint density at radius 2 is 1.83 bits per heavy atom. The van der Waals surface area contributed by atoms with Crippen molar-refractivity contribution < 1.29 is 34.1 Å². The van der Waals surface area contributed by atoms with E-state index in [1.807, 2.05) is 74.1 Å². The van der Waals surface area contributed by atoms with Crippen molar-refractivity contribution in [1.29, 1.82) is 0 Å². The number of rotatable bonds is 11. The minimum Gasteiger partial charge on any atom is -0.478 e. The number of aliphatic hydroxyl groups is 2. The number of fused-ring (bicyclic) bond motifs is 2. The SMILES string of the molecule is CN(C)c1ccc2c(-c3cc(C(=O)NCCCOCC(O)CO)ccc3C(=O)O)c3ccc(=[N+](C)C)cc-3oc2c1. The molecule has 1 atom stereocenters. The van der Waals surface area contributed by atoms with Crippen LogP contribution in [0, 0.1) is 0 Å². The van der Waals surface area contributed by atoms with Crippen LogP contribution in [0.1, 0.15) is 27.1 Å². The van der Waals surface area contributed by atoms with Crippen LogP contribution in [-0.2, 0) is 4.74 Å². The van der Waals surface area contributed by atoms with E-state index in [2.05, 4.69) is 5.32 Å². The quantitative estimate of drug-likeness (QED) is 0.124. The summed E-state index contributed by atoms with van der Waals surface area (Å²) in [6.45, 7) is 0.262. The van der Waals surface area contributed by atoms with Gasteiger partial charge < -0.3 is 34.7 Å². The Morgan fingerprint density at radius 3 is 2.51 bits per heavy atom. The average molecular weight is 563 g/mol. The van der Waals surface area contributed by atoms with Gasteiger partial charge in [0.2, 0.25) is 5.36 Å². The Labute approximate surface area is 238 Å². The molecular formula is C31H36N3O7+. The number of aliphatic hydroxyl groups excluding tert-OH is 2. The molecule has 1 aliphatic heterocycles.